The maximum absolute atomic E-state index is 12.0. The van der Waals surface area contributed by atoms with Crippen LogP contribution in [0, 0.1) is 0 Å². The van der Waals surface area contributed by atoms with Gasteiger partial charge in [-0.25, -0.2) is 4.79 Å². The molecule has 0 saturated heterocycles. The van der Waals surface area contributed by atoms with Crippen LogP contribution in [-0.2, 0) is 9.53 Å². The molecule has 0 rings (SSSR count). The van der Waals surface area contributed by atoms with Crippen molar-refractivity contribution in [2.24, 2.45) is 0 Å². The molecule has 106 valence electrons. The second-order valence-corrected chi connectivity index (χ2v) is 5.77. The zero-order chi connectivity index (χ0) is 14.6. The van der Waals surface area contributed by atoms with E-state index in [1.165, 1.54) is 4.90 Å². The molecule has 0 radical (unpaired) electrons. The van der Waals surface area contributed by atoms with E-state index >= 15 is 0 Å². The maximum atomic E-state index is 12.0. The molecular weight excluding hydrogens is 236 g/mol. The molecule has 0 aromatic rings. The van der Waals surface area contributed by atoms with Crippen LogP contribution in [0.2, 0.25) is 0 Å². The lowest BCUT2D eigenvalue weighted by Crippen LogP contribution is -2.54. The summed E-state index contributed by atoms with van der Waals surface area (Å²) in [6, 6.07) is -0.407. The van der Waals surface area contributed by atoms with Gasteiger partial charge in [-0.15, -0.1) is 0 Å². The van der Waals surface area contributed by atoms with Gasteiger partial charge in [-0.2, -0.15) is 0 Å². The molecule has 0 aliphatic rings. The highest BCUT2D eigenvalue weighted by atomic mass is 16.5. The molecule has 0 bridgehead atoms. The van der Waals surface area contributed by atoms with E-state index in [1.54, 1.807) is 27.9 Å². The highest BCUT2D eigenvalue weighted by Crippen LogP contribution is 2.13. The summed E-state index contributed by atoms with van der Waals surface area (Å²) in [7, 11) is 1.56. The minimum absolute atomic E-state index is 0.314. The molecule has 0 spiro atoms. The Morgan fingerprint density at radius 3 is 2.06 bits per heavy atom. The van der Waals surface area contributed by atoms with Crippen molar-refractivity contribution in [1.29, 1.82) is 0 Å². The molecule has 18 heavy (non-hydrogen) atoms. The summed E-state index contributed by atoms with van der Waals surface area (Å²) >= 11 is 0. The van der Waals surface area contributed by atoms with Crippen LogP contribution in [0.3, 0.4) is 0 Å². The predicted octanol–water partition coefficient (Wildman–Crippen LogP) is 1.31. The molecule has 0 aliphatic carbocycles. The van der Waals surface area contributed by atoms with Crippen LogP contribution in [0.1, 0.15) is 34.6 Å². The Labute approximate surface area is 108 Å². The minimum atomic E-state index is -1.04. The molecular formula is C12H24N2O4. The largest absolute Gasteiger partial charge is 0.480 e. The number of hydrogen-bond donors (Lipinski definition) is 2. The zero-order valence-electron chi connectivity index (χ0n) is 12.0. The third kappa shape index (κ3) is 5.86. The van der Waals surface area contributed by atoms with Crippen LogP contribution in [0.25, 0.3) is 0 Å². The second kappa shape index (κ2) is 6.04. The van der Waals surface area contributed by atoms with Crippen LogP contribution in [0.4, 0.5) is 4.79 Å². The van der Waals surface area contributed by atoms with Gasteiger partial charge in [-0.05, 0) is 34.6 Å². The van der Waals surface area contributed by atoms with Gasteiger partial charge in [-0.3, -0.25) is 4.79 Å². The summed E-state index contributed by atoms with van der Waals surface area (Å²) in [4.78, 5) is 24.0. The number of nitrogens with one attached hydrogen (secondary N) is 1. The van der Waals surface area contributed by atoms with Gasteiger partial charge >= 0.3 is 12.0 Å². The lowest BCUT2D eigenvalue weighted by Gasteiger charge is -2.35. The van der Waals surface area contributed by atoms with Crippen LogP contribution >= 0.6 is 0 Å². The normalized spacial score (nSPS) is 12.1. The molecule has 0 aromatic heterocycles. The van der Waals surface area contributed by atoms with Crippen molar-refractivity contribution in [2.75, 3.05) is 20.2 Å². The number of amides is 2. The monoisotopic (exact) mass is 260 g/mol. The average molecular weight is 260 g/mol. The van der Waals surface area contributed by atoms with Gasteiger partial charge in [0, 0.05) is 19.2 Å². The molecule has 0 fully saturated rings. The van der Waals surface area contributed by atoms with Crippen LogP contribution in [0.15, 0.2) is 0 Å². The Morgan fingerprint density at radius 1 is 1.22 bits per heavy atom. The van der Waals surface area contributed by atoms with Crippen molar-refractivity contribution in [2.45, 2.75) is 45.8 Å². The third-order valence-corrected chi connectivity index (χ3v) is 2.57. The molecule has 0 unspecified atom stereocenters. The number of methoxy groups -OCH3 is 1. The molecule has 0 atom stereocenters. The van der Waals surface area contributed by atoms with Crippen LogP contribution in [-0.4, -0.2) is 53.3 Å². The van der Waals surface area contributed by atoms with Crippen molar-refractivity contribution in [3.05, 3.63) is 0 Å². The first kappa shape index (κ1) is 16.7. The average Bonchev–Trinajstić information content (AvgIpc) is 2.21. The van der Waals surface area contributed by atoms with Gasteiger partial charge in [0.2, 0.25) is 0 Å². The molecule has 0 saturated carbocycles. The number of urea groups is 1. The first-order valence-corrected chi connectivity index (χ1v) is 5.82. The van der Waals surface area contributed by atoms with Gasteiger partial charge in [0.15, 0.2) is 0 Å². The highest BCUT2D eigenvalue weighted by Gasteiger charge is 2.29. The van der Waals surface area contributed by atoms with Gasteiger partial charge in [0.25, 0.3) is 0 Å². The Balaban J connectivity index is 4.64. The summed E-state index contributed by atoms with van der Waals surface area (Å²) < 4.78 is 5.18. The summed E-state index contributed by atoms with van der Waals surface area (Å²) in [6.07, 6.45) is 0. The maximum Gasteiger partial charge on any atom is 0.323 e. The van der Waals surface area contributed by atoms with E-state index in [-0.39, 0.29) is 6.54 Å². The van der Waals surface area contributed by atoms with Crippen molar-refractivity contribution >= 4 is 12.0 Å². The fourth-order valence-corrected chi connectivity index (χ4v) is 1.20. The van der Waals surface area contributed by atoms with Gasteiger partial charge < -0.3 is 20.1 Å². The lowest BCUT2D eigenvalue weighted by molar-refractivity contribution is -0.138. The SMILES string of the molecule is COC(C)(C)CNC(=O)N(CC(=O)O)C(C)(C)C. The Bertz CT molecular complexity index is 308. The van der Waals surface area contributed by atoms with Gasteiger partial charge in [0.05, 0.1) is 5.60 Å². The van der Waals surface area contributed by atoms with E-state index in [4.69, 9.17) is 9.84 Å². The topological polar surface area (TPSA) is 78.9 Å². The van der Waals surface area contributed by atoms with Gasteiger partial charge in [0.1, 0.15) is 6.54 Å². The Morgan fingerprint density at radius 2 is 1.72 bits per heavy atom. The van der Waals surface area contributed by atoms with Gasteiger partial charge in [-0.1, -0.05) is 0 Å². The number of hydrogen-bond acceptors (Lipinski definition) is 3. The molecule has 6 nitrogen and oxygen atoms in total. The summed E-state index contributed by atoms with van der Waals surface area (Å²) in [6.45, 7) is 9.03. The summed E-state index contributed by atoms with van der Waals surface area (Å²) in [5, 5.41) is 11.5. The smallest absolute Gasteiger partial charge is 0.323 e. The highest BCUT2D eigenvalue weighted by molar-refractivity contribution is 5.80. The molecule has 2 amide bonds. The lowest BCUT2D eigenvalue weighted by atomic mass is 10.1. The first-order chi connectivity index (χ1) is 7.99. The van der Waals surface area contributed by atoms with E-state index in [0.29, 0.717) is 6.54 Å². The fraction of sp³-hybridized carbons (Fsp3) is 0.833. The molecule has 6 heteroatoms. The third-order valence-electron chi connectivity index (χ3n) is 2.57. The van der Waals surface area contributed by atoms with E-state index in [2.05, 4.69) is 5.32 Å². The van der Waals surface area contributed by atoms with E-state index in [1.807, 2.05) is 13.8 Å². The van der Waals surface area contributed by atoms with Crippen molar-refractivity contribution in [3.8, 4) is 0 Å². The molecule has 0 heterocycles. The van der Waals surface area contributed by atoms with Crippen LogP contribution < -0.4 is 5.32 Å². The predicted molar refractivity (Wildman–Crippen MR) is 68.6 cm³/mol. The summed E-state index contributed by atoms with van der Waals surface area (Å²) in [5.41, 5.74) is -1.04. The Hall–Kier alpha value is -1.30. The minimum Gasteiger partial charge on any atom is -0.480 e. The van der Waals surface area contributed by atoms with Crippen molar-refractivity contribution < 1.29 is 19.4 Å². The van der Waals surface area contributed by atoms with Crippen LogP contribution in [0.5, 0.6) is 0 Å². The number of carboxylic acids is 1. The second-order valence-electron chi connectivity index (χ2n) is 5.77. The van der Waals surface area contributed by atoms with Crippen molar-refractivity contribution in [1.82, 2.24) is 10.2 Å². The Kier molecular flexibility index (Phi) is 5.60. The fourth-order valence-electron chi connectivity index (χ4n) is 1.20. The van der Waals surface area contributed by atoms with E-state index in [9.17, 15) is 9.59 Å². The zero-order valence-corrected chi connectivity index (χ0v) is 12.0. The molecule has 0 aromatic carbocycles. The quantitative estimate of drug-likeness (QED) is 0.781. The molecule has 0 aliphatic heterocycles. The standard InChI is InChI=1S/C12H24N2O4/c1-11(2,3)14(7-9(15)16)10(17)13-8-12(4,5)18-6/h7-8H2,1-6H3,(H,13,17)(H,15,16). The molecule has 2 N–H and O–H groups in total. The number of aliphatic carboxylic acids is 1. The van der Waals surface area contributed by atoms with E-state index < -0.39 is 23.1 Å². The summed E-state index contributed by atoms with van der Waals surface area (Å²) in [5.74, 6) is -1.04. The number of nitrogens with zero attached hydrogens (tertiary/aromatic N) is 1. The van der Waals surface area contributed by atoms with E-state index in [0.717, 1.165) is 0 Å². The number of carboxylic acid groups (broad SMARTS) is 1. The number of rotatable bonds is 5. The number of ether oxygens (including phenoxy) is 1. The number of carbonyl (C=O) groups is 2. The number of carbonyl (C=O) groups excluding carboxylic acids is 1. The first-order valence-electron chi connectivity index (χ1n) is 5.82. The van der Waals surface area contributed by atoms with Crippen molar-refractivity contribution in [3.63, 3.8) is 0 Å².